The Morgan fingerprint density at radius 3 is 3.19 bits per heavy atom. The molecule has 1 aromatic carbocycles. The van der Waals surface area contributed by atoms with Gasteiger partial charge in [0.05, 0.1) is 16.8 Å². The smallest absolute Gasteiger partial charge is 0.242 e. The second kappa shape index (κ2) is 4.88. The van der Waals surface area contributed by atoms with E-state index in [-0.39, 0.29) is 0 Å². The van der Waals surface area contributed by atoms with Crippen LogP contribution in [0, 0.1) is 0 Å². The number of thiazole rings is 1. The highest BCUT2D eigenvalue weighted by molar-refractivity contribution is 7.22. The minimum absolute atomic E-state index is 0.428. The third kappa shape index (κ3) is 2.27. The number of benzene rings is 1. The van der Waals surface area contributed by atoms with Gasteiger partial charge in [0.25, 0.3) is 0 Å². The third-order valence-corrected chi connectivity index (χ3v) is 2.87. The fourth-order valence-corrected chi connectivity index (χ4v) is 2.11. The summed E-state index contributed by atoms with van der Waals surface area (Å²) in [5, 5.41) is 0.428. The van der Waals surface area contributed by atoms with E-state index < -0.39 is 0 Å². The molecule has 0 saturated heterocycles. The number of rotatable bonds is 4. The molecule has 0 unspecified atom stereocenters. The fraction of sp³-hybridized carbons (Fsp3) is 0.273. The van der Waals surface area contributed by atoms with Crippen molar-refractivity contribution in [3.8, 4) is 5.75 Å². The summed E-state index contributed by atoms with van der Waals surface area (Å²) in [6.07, 6.45) is 2.46. The summed E-state index contributed by atoms with van der Waals surface area (Å²) in [6, 6.07) is 5.64. The van der Waals surface area contributed by atoms with E-state index in [1.54, 1.807) is 0 Å². The van der Waals surface area contributed by atoms with Gasteiger partial charge in [-0.3, -0.25) is 0 Å². The Bertz CT molecular complexity index is 544. The molecule has 0 N–H and O–H groups in total. The van der Waals surface area contributed by atoms with Crippen molar-refractivity contribution < 1.29 is 9.53 Å². The molecule has 2 aromatic rings. The van der Waals surface area contributed by atoms with Crippen molar-refractivity contribution in [1.82, 2.24) is 4.98 Å². The fourth-order valence-electron chi connectivity index (χ4n) is 1.29. The maximum atomic E-state index is 10.1. The predicted molar refractivity (Wildman–Crippen MR) is 63.2 cm³/mol. The van der Waals surface area contributed by atoms with Gasteiger partial charge in [-0.2, -0.15) is 0 Å². The van der Waals surface area contributed by atoms with E-state index in [0.29, 0.717) is 11.7 Å². The molecule has 0 aliphatic heterocycles. The zero-order valence-electron chi connectivity index (χ0n) is 8.77. The minimum atomic E-state index is 0.428. The number of fused-ring (bicyclic) bond motifs is 1. The molecule has 1 aromatic heterocycles. The largest absolute Gasteiger partial charge is 0.494 e. The van der Waals surface area contributed by atoms with Crippen molar-refractivity contribution in [1.29, 1.82) is 0 Å². The lowest BCUT2D eigenvalue weighted by Crippen LogP contribution is -1.93. The monoisotopic (exact) mass is 234 g/mol. The summed E-state index contributed by atoms with van der Waals surface area (Å²) >= 11 is 1.35. The van der Waals surface area contributed by atoms with Crippen molar-refractivity contribution in [2.75, 3.05) is 6.61 Å². The highest BCUT2D eigenvalue weighted by Crippen LogP contribution is 2.30. The van der Waals surface area contributed by atoms with Crippen molar-refractivity contribution in [2.45, 2.75) is 13.3 Å². The average Bonchev–Trinajstić information content (AvgIpc) is 2.68. The second-order valence-corrected chi connectivity index (χ2v) is 4.19. The van der Waals surface area contributed by atoms with Crippen molar-refractivity contribution >= 4 is 32.8 Å². The Balaban J connectivity index is 2.33. The molecule has 0 radical (unpaired) electrons. The molecule has 0 amide bonds. The Labute approximate surface area is 96.6 Å². The number of hydrogen-bond acceptors (Lipinski definition) is 5. The first-order valence-corrected chi connectivity index (χ1v) is 5.76. The lowest BCUT2D eigenvalue weighted by molar-refractivity contribution is 0.318. The van der Waals surface area contributed by atoms with E-state index in [1.165, 1.54) is 17.4 Å². The molecule has 0 bridgehead atoms. The zero-order chi connectivity index (χ0) is 11.4. The summed E-state index contributed by atoms with van der Waals surface area (Å²) in [6.45, 7) is 2.76. The van der Waals surface area contributed by atoms with Crippen LogP contribution in [-0.4, -0.2) is 17.7 Å². The SMILES string of the molecule is CCCOc1ccc2nc(N=C=O)sc2c1. The van der Waals surface area contributed by atoms with Crippen LogP contribution in [0.5, 0.6) is 5.75 Å². The number of isocyanates is 1. The van der Waals surface area contributed by atoms with E-state index in [0.717, 1.165) is 22.4 Å². The molecule has 5 heteroatoms. The first-order chi connectivity index (χ1) is 7.83. The molecular formula is C11H10N2O2S. The number of hydrogen-bond donors (Lipinski definition) is 0. The highest BCUT2D eigenvalue weighted by atomic mass is 32.1. The Morgan fingerprint density at radius 1 is 1.56 bits per heavy atom. The van der Waals surface area contributed by atoms with Gasteiger partial charge in [-0.1, -0.05) is 18.3 Å². The van der Waals surface area contributed by atoms with Crippen molar-refractivity contribution in [3.05, 3.63) is 18.2 Å². The van der Waals surface area contributed by atoms with Crippen LogP contribution in [0.3, 0.4) is 0 Å². The van der Waals surface area contributed by atoms with Crippen molar-refractivity contribution in [3.63, 3.8) is 0 Å². The third-order valence-electron chi connectivity index (χ3n) is 1.96. The average molecular weight is 234 g/mol. The number of aliphatic imine (C=N–C) groups is 1. The molecule has 16 heavy (non-hydrogen) atoms. The van der Waals surface area contributed by atoms with Gasteiger partial charge in [0.2, 0.25) is 11.2 Å². The van der Waals surface area contributed by atoms with E-state index in [9.17, 15) is 4.79 Å². The van der Waals surface area contributed by atoms with Gasteiger partial charge < -0.3 is 4.74 Å². The van der Waals surface area contributed by atoms with Gasteiger partial charge in [-0.25, -0.2) is 9.78 Å². The summed E-state index contributed by atoms with van der Waals surface area (Å²) in [5.74, 6) is 0.819. The lowest BCUT2D eigenvalue weighted by Gasteiger charge is -2.02. The molecule has 4 nitrogen and oxygen atoms in total. The van der Waals surface area contributed by atoms with E-state index in [1.807, 2.05) is 18.2 Å². The number of nitrogens with zero attached hydrogens (tertiary/aromatic N) is 2. The van der Waals surface area contributed by atoms with Gasteiger partial charge in [-0.05, 0) is 24.6 Å². The number of ether oxygens (including phenoxy) is 1. The van der Waals surface area contributed by atoms with Crippen LogP contribution in [0.25, 0.3) is 10.2 Å². The maximum Gasteiger partial charge on any atom is 0.242 e. The molecule has 2 rings (SSSR count). The van der Waals surface area contributed by atoms with Gasteiger partial charge >= 0.3 is 0 Å². The van der Waals surface area contributed by atoms with E-state index in [4.69, 9.17) is 4.74 Å². The van der Waals surface area contributed by atoms with Crippen LogP contribution in [0.1, 0.15) is 13.3 Å². The standard InChI is InChI=1S/C11H10N2O2S/c1-2-5-15-8-3-4-9-10(6-8)16-11(13-9)12-7-14/h3-4,6H,2,5H2,1H3. The van der Waals surface area contributed by atoms with Crippen LogP contribution in [0.4, 0.5) is 5.13 Å². The van der Waals surface area contributed by atoms with Crippen LogP contribution >= 0.6 is 11.3 Å². The van der Waals surface area contributed by atoms with Gasteiger partial charge in [0, 0.05) is 0 Å². The number of aromatic nitrogens is 1. The van der Waals surface area contributed by atoms with Crippen LogP contribution in [0.2, 0.25) is 0 Å². The summed E-state index contributed by atoms with van der Waals surface area (Å²) in [5.41, 5.74) is 0.822. The molecule has 0 atom stereocenters. The van der Waals surface area contributed by atoms with Crippen LogP contribution < -0.4 is 4.74 Å². The van der Waals surface area contributed by atoms with E-state index in [2.05, 4.69) is 16.9 Å². The molecule has 0 aliphatic carbocycles. The Kier molecular flexibility index (Phi) is 3.29. The first-order valence-electron chi connectivity index (χ1n) is 4.94. The Hall–Kier alpha value is -1.71. The molecule has 1 heterocycles. The molecule has 0 saturated carbocycles. The predicted octanol–water partition coefficient (Wildman–Crippen LogP) is 3.05. The van der Waals surface area contributed by atoms with Gasteiger partial charge in [-0.15, -0.1) is 4.99 Å². The Morgan fingerprint density at radius 2 is 2.44 bits per heavy atom. The summed E-state index contributed by atoms with van der Waals surface area (Å²) in [4.78, 5) is 17.8. The second-order valence-electron chi connectivity index (χ2n) is 3.18. The normalized spacial score (nSPS) is 10.1. The maximum absolute atomic E-state index is 10.1. The highest BCUT2D eigenvalue weighted by Gasteiger charge is 2.04. The summed E-state index contributed by atoms with van der Waals surface area (Å²) < 4.78 is 6.46. The number of carbonyl (C=O) groups excluding carboxylic acids is 1. The van der Waals surface area contributed by atoms with Crippen molar-refractivity contribution in [2.24, 2.45) is 4.99 Å². The molecule has 0 fully saturated rings. The van der Waals surface area contributed by atoms with Crippen LogP contribution in [0.15, 0.2) is 23.2 Å². The molecular weight excluding hydrogens is 224 g/mol. The molecule has 0 spiro atoms. The van der Waals surface area contributed by atoms with Crippen LogP contribution in [-0.2, 0) is 4.79 Å². The molecule has 82 valence electrons. The molecule has 0 aliphatic rings. The quantitative estimate of drug-likeness (QED) is 0.603. The lowest BCUT2D eigenvalue weighted by atomic mass is 10.3. The van der Waals surface area contributed by atoms with E-state index >= 15 is 0 Å². The topological polar surface area (TPSA) is 51.6 Å². The first kappa shape index (κ1) is 10.8. The zero-order valence-corrected chi connectivity index (χ0v) is 9.58. The summed E-state index contributed by atoms with van der Waals surface area (Å²) in [7, 11) is 0. The van der Waals surface area contributed by atoms with Gasteiger partial charge in [0.1, 0.15) is 5.75 Å². The van der Waals surface area contributed by atoms with Gasteiger partial charge in [0.15, 0.2) is 0 Å². The minimum Gasteiger partial charge on any atom is -0.494 e.